The van der Waals surface area contributed by atoms with Crippen molar-refractivity contribution in [2.24, 2.45) is 0 Å². The summed E-state index contributed by atoms with van der Waals surface area (Å²) in [5.41, 5.74) is 0. The summed E-state index contributed by atoms with van der Waals surface area (Å²) in [6, 6.07) is 0. The van der Waals surface area contributed by atoms with Crippen molar-refractivity contribution in [2.45, 2.75) is 19.2 Å². The number of ether oxygens (including phenoxy) is 2. The van der Waals surface area contributed by atoms with E-state index in [0.29, 0.717) is 36.4 Å². The Bertz CT molecular complexity index is 486. The smallest absolute Gasteiger partial charge is 0.290 e. The van der Waals surface area contributed by atoms with Crippen LogP contribution < -0.4 is 5.32 Å². The second-order valence-corrected chi connectivity index (χ2v) is 4.67. The molecule has 0 atom stereocenters. The van der Waals surface area contributed by atoms with Crippen molar-refractivity contribution in [1.29, 1.82) is 0 Å². The van der Waals surface area contributed by atoms with Crippen LogP contribution in [0.1, 0.15) is 18.6 Å². The van der Waals surface area contributed by atoms with E-state index in [2.05, 4.69) is 15.5 Å². The van der Waals surface area contributed by atoms with Gasteiger partial charge >= 0.3 is 0 Å². The lowest BCUT2D eigenvalue weighted by Gasteiger charge is -2.18. The maximum absolute atomic E-state index is 11.8. The van der Waals surface area contributed by atoms with E-state index in [1.165, 1.54) is 0 Å². The maximum atomic E-state index is 11.8. The molecule has 2 heterocycles. The Balaban J connectivity index is 1.89. The number of amides is 1. The molecular formula is C11H15N3O4S. The third-order valence-electron chi connectivity index (χ3n) is 2.36. The zero-order chi connectivity index (χ0) is 13.7. The number of nitrogens with zero attached hydrogens (tertiary/aromatic N) is 2. The number of allylic oxidation sites excluding steroid dienone is 1. The number of rotatable bonds is 5. The van der Waals surface area contributed by atoms with Gasteiger partial charge in [-0.15, -0.1) is 0 Å². The minimum Gasteiger partial charge on any atom is -0.491 e. The predicted molar refractivity (Wildman–Crippen MR) is 68.0 cm³/mol. The molecular weight excluding hydrogens is 270 g/mol. The Morgan fingerprint density at radius 3 is 2.95 bits per heavy atom. The van der Waals surface area contributed by atoms with Crippen LogP contribution in [0, 0.1) is 0 Å². The molecule has 1 amide bonds. The Labute approximate surface area is 114 Å². The first-order valence-corrected chi connectivity index (χ1v) is 7.15. The predicted octanol–water partition coefficient (Wildman–Crippen LogP) is 0.827. The fraction of sp³-hybridized carbons (Fsp3) is 0.545. The molecule has 0 unspecified atom stereocenters. The third-order valence-corrected chi connectivity index (χ3v) is 2.90. The average Bonchev–Trinajstić information content (AvgIpc) is 2.85. The number of hydrogen-bond acceptors (Lipinski definition) is 7. The molecule has 104 valence electrons. The first-order chi connectivity index (χ1) is 9.20. The fourth-order valence-electron chi connectivity index (χ4n) is 1.52. The van der Waals surface area contributed by atoms with Crippen LogP contribution in [-0.2, 0) is 26.6 Å². The highest BCUT2D eigenvalue weighted by atomic mass is 32.2. The van der Waals surface area contributed by atoms with Gasteiger partial charge in [0.15, 0.2) is 5.82 Å². The summed E-state index contributed by atoms with van der Waals surface area (Å²) in [5, 5.41) is 6.43. The Morgan fingerprint density at radius 2 is 2.21 bits per heavy atom. The molecule has 1 aliphatic rings. The summed E-state index contributed by atoms with van der Waals surface area (Å²) in [7, 11) is 0. The van der Waals surface area contributed by atoms with Crippen molar-refractivity contribution in [1.82, 2.24) is 15.5 Å². The van der Waals surface area contributed by atoms with E-state index < -0.39 is 0 Å². The van der Waals surface area contributed by atoms with Crippen LogP contribution in [0.15, 0.2) is 16.0 Å². The highest BCUT2D eigenvalue weighted by molar-refractivity contribution is 7.97. The maximum Gasteiger partial charge on any atom is 0.290 e. The van der Waals surface area contributed by atoms with Gasteiger partial charge in [-0.05, 0) is 13.2 Å². The van der Waals surface area contributed by atoms with Crippen LogP contribution in [0.3, 0.4) is 0 Å². The van der Waals surface area contributed by atoms with Gasteiger partial charge in [0, 0.05) is 0 Å². The molecule has 1 aromatic heterocycles. The highest BCUT2D eigenvalue weighted by Gasteiger charge is 2.20. The summed E-state index contributed by atoms with van der Waals surface area (Å²) in [6.07, 6.45) is 1.95. The molecule has 0 spiro atoms. The van der Waals surface area contributed by atoms with Crippen molar-refractivity contribution < 1.29 is 18.8 Å². The average molecular weight is 285 g/mol. The molecule has 0 saturated heterocycles. The monoisotopic (exact) mass is 285 g/mol. The number of nitrogens with one attached hydrogen (secondary N) is 1. The van der Waals surface area contributed by atoms with E-state index in [-0.39, 0.29) is 18.2 Å². The lowest BCUT2D eigenvalue weighted by Crippen LogP contribution is -2.29. The van der Waals surface area contributed by atoms with Gasteiger partial charge < -0.3 is 19.3 Å². The van der Waals surface area contributed by atoms with E-state index in [4.69, 9.17) is 14.0 Å². The van der Waals surface area contributed by atoms with E-state index in [0.717, 1.165) is 0 Å². The fourth-order valence-corrected chi connectivity index (χ4v) is 1.89. The summed E-state index contributed by atoms with van der Waals surface area (Å²) >= 11 is 1.60. The van der Waals surface area contributed by atoms with Crippen LogP contribution in [0.2, 0.25) is 0 Å². The lowest BCUT2D eigenvalue weighted by atomic mass is 10.3. The highest BCUT2D eigenvalue weighted by Crippen LogP contribution is 2.13. The molecule has 0 bridgehead atoms. The number of hydrogen-bond donors (Lipinski definition) is 1. The standard InChI is InChI=1S/C11H15N3O4S/c1-7-10(17-4-3-16-7)11(15)12-5-9-13-8(6-19-2)14-18-9/h3-6H2,1-2H3,(H,12,15). The SMILES string of the molecule is CSCc1noc(CNC(=O)C2=C(C)OCCO2)n1. The largest absolute Gasteiger partial charge is 0.491 e. The van der Waals surface area contributed by atoms with Crippen LogP contribution in [0.25, 0.3) is 0 Å². The van der Waals surface area contributed by atoms with Gasteiger partial charge in [0.25, 0.3) is 5.91 Å². The molecule has 0 saturated carbocycles. The van der Waals surface area contributed by atoms with Gasteiger partial charge in [-0.25, -0.2) is 0 Å². The molecule has 0 fully saturated rings. The van der Waals surface area contributed by atoms with Crippen molar-refractivity contribution in [3.63, 3.8) is 0 Å². The van der Waals surface area contributed by atoms with Crippen molar-refractivity contribution in [3.8, 4) is 0 Å². The van der Waals surface area contributed by atoms with E-state index in [1.807, 2.05) is 6.26 Å². The van der Waals surface area contributed by atoms with Crippen LogP contribution in [0.5, 0.6) is 0 Å². The van der Waals surface area contributed by atoms with Gasteiger partial charge in [0.2, 0.25) is 11.6 Å². The molecule has 0 aromatic carbocycles. The minimum atomic E-state index is -0.346. The second kappa shape index (κ2) is 6.46. The number of thioether (sulfide) groups is 1. The normalized spacial score (nSPS) is 14.8. The van der Waals surface area contributed by atoms with E-state index in [1.54, 1.807) is 18.7 Å². The summed E-state index contributed by atoms with van der Waals surface area (Å²) < 4.78 is 15.5. The van der Waals surface area contributed by atoms with Crippen LogP contribution >= 0.6 is 11.8 Å². The van der Waals surface area contributed by atoms with Crippen LogP contribution in [-0.4, -0.2) is 35.5 Å². The topological polar surface area (TPSA) is 86.5 Å². The molecule has 1 N–H and O–H groups in total. The zero-order valence-electron chi connectivity index (χ0n) is 10.8. The van der Waals surface area contributed by atoms with Crippen molar-refractivity contribution in [3.05, 3.63) is 23.2 Å². The molecule has 1 aromatic rings. The zero-order valence-corrected chi connectivity index (χ0v) is 11.6. The molecule has 0 aliphatic carbocycles. The molecule has 7 nitrogen and oxygen atoms in total. The Morgan fingerprint density at radius 1 is 1.42 bits per heavy atom. The lowest BCUT2D eigenvalue weighted by molar-refractivity contribution is -0.123. The molecule has 2 rings (SSSR count). The summed E-state index contributed by atoms with van der Waals surface area (Å²) in [6.45, 7) is 2.69. The van der Waals surface area contributed by atoms with Gasteiger partial charge in [0.05, 0.1) is 12.3 Å². The number of carbonyl (C=O) groups excluding carboxylic acids is 1. The van der Waals surface area contributed by atoms with E-state index in [9.17, 15) is 4.79 Å². The van der Waals surface area contributed by atoms with Gasteiger partial charge in [-0.1, -0.05) is 5.16 Å². The quantitative estimate of drug-likeness (QED) is 0.857. The Hall–Kier alpha value is -1.70. The first kappa shape index (κ1) is 13.7. The molecule has 19 heavy (non-hydrogen) atoms. The third kappa shape index (κ3) is 3.63. The Kier molecular flexibility index (Phi) is 4.67. The van der Waals surface area contributed by atoms with E-state index >= 15 is 0 Å². The van der Waals surface area contributed by atoms with Crippen molar-refractivity contribution >= 4 is 17.7 Å². The van der Waals surface area contributed by atoms with Gasteiger partial charge in [0.1, 0.15) is 19.0 Å². The summed E-state index contributed by atoms with van der Waals surface area (Å²) in [4.78, 5) is 16.0. The first-order valence-electron chi connectivity index (χ1n) is 5.75. The number of carbonyl (C=O) groups is 1. The number of aromatic nitrogens is 2. The van der Waals surface area contributed by atoms with Crippen molar-refractivity contribution in [2.75, 3.05) is 19.5 Å². The molecule has 0 radical (unpaired) electrons. The minimum absolute atomic E-state index is 0.167. The summed E-state index contributed by atoms with van der Waals surface area (Å²) in [5.74, 6) is 2.00. The molecule has 8 heteroatoms. The molecule has 1 aliphatic heterocycles. The van der Waals surface area contributed by atoms with Gasteiger partial charge in [-0.3, -0.25) is 4.79 Å². The van der Waals surface area contributed by atoms with Gasteiger partial charge in [-0.2, -0.15) is 16.7 Å². The second-order valence-electron chi connectivity index (χ2n) is 3.80. The van der Waals surface area contributed by atoms with Crippen LogP contribution in [0.4, 0.5) is 0 Å².